The van der Waals surface area contributed by atoms with Gasteiger partial charge in [0.25, 0.3) is 5.91 Å². The molecular formula is C22H17N5O2S. The van der Waals surface area contributed by atoms with Crippen LogP contribution in [0.2, 0.25) is 0 Å². The first-order valence-corrected chi connectivity index (χ1v) is 10.1. The van der Waals surface area contributed by atoms with Crippen LogP contribution in [0.5, 0.6) is 5.75 Å². The topological polar surface area (TPSA) is 100 Å². The Morgan fingerprint density at radius 3 is 2.97 bits per heavy atom. The molecule has 1 saturated heterocycles. The SMILES string of the molecule is CCOc1c(C#N)cnc2ccc(/C=C3\SC(=NCc4ccccn4)NC3=O)cc12. The molecule has 1 amide bonds. The molecule has 1 aromatic carbocycles. The maximum atomic E-state index is 12.4. The van der Waals surface area contributed by atoms with Gasteiger partial charge in [0.2, 0.25) is 0 Å². The Hall–Kier alpha value is -3.70. The number of fused-ring (bicyclic) bond motifs is 1. The summed E-state index contributed by atoms with van der Waals surface area (Å²) in [6.07, 6.45) is 5.01. The molecule has 0 unspecified atom stereocenters. The highest BCUT2D eigenvalue weighted by atomic mass is 32.2. The molecule has 0 spiro atoms. The summed E-state index contributed by atoms with van der Waals surface area (Å²) in [7, 11) is 0. The Morgan fingerprint density at radius 2 is 2.20 bits per heavy atom. The molecule has 2 aromatic heterocycles. The van der Waals surface area contributed by atoms with Crippen molar-refractivity contribution in [3.63, 3.8) is 0 Å². The molecular weight excluding hydrogens is 398 g/mol. The van der Waals surface area contributed by atoms with E-state index in [9.17, 15) is 10.1 Å². The van der Waals surface area contributed by atoms with Crippen molar-refractivity contribution < 1.29 is 9.53 Å². The number of amidine groups is 1. The average molecular weight is 415 g/mol. The smallest absolute Gasteiger partial charge is 0.264 e. The third kappa shape index (κ3) is 4.16. The lowest BCUT2D eigenvalue weighted by Gasteiger charge is -2.09. The van der Waals surface area contributed by atoms with Crippen LogP contribution in [0.4, 0.5) is 0 Å². The van der Waals surface area contributed by atoms with E-state index >= 15 is 0 Å². The standard InChI is InChI=1S/C22H17N5O2S/c1-2-29-20-15(11-23)12-25-18-7-6-14(9-17(18)20)10-19-21(28)27-22(30-19)26-13-16-5-3-4-8-24-16/h3-10,12H,2,13H2,1H3,(H,26,27,28)/b19-10-. The fourth-order valence-corrected chi connectivity index (χ4v) is 3.77. The van der Waals surface area contributed by atoms with Crippen molar-refractivity contribution in [1.29, 1.82) is 5.26 Å². The Balaban J connectivity index is 1.62. The van der Waals surface area contributed by atoms with E-state index < -0.39 is 0 Å². The number of nitrogens with one attached hydrogen (secondary N) is 1. The number of aliphatic imine (C=N–C) groups is 1. The fourth-order valence-electron chi connectivity index (χ4n) is 2.95. The van der Waals surface area contributed by atoms with Crippen LogP contribution >= 0.6 is 11.8 Å². The minimum atomic E-state index is -0.200. The maximum absolute atomic E-state index is 12.4. The summed E-state index contributed by atoms with van der Waals surface area (Å²) in [4.78, 5) is 25.9. The summed E-state index contributed by atoms with van der Waals surface area (Å²) in [6, 6.07) is 13.3. The highest BCUT2D eigenvalue weighted by Gasteiger charge is 2.23. The lowest BCUT2D eigenvalue weighted by Crippen LogP contribution is -2.19. The summed E-state index contributed by atoms with van der Waals surface area (Å²) in [6.45, 7) is 2.70. The molecule has 3 aromatic rings. The number of nitrogens with zero attached hydrogens (tertiary/aromatic N) is 4. The molecule has 0 bridgehead atoms. The lowest BCUT2D eigenvalue weighted by molar-refractivity contribution is -0.115. The van der Waals surface area contributed by atoms with Crippen LogP contribution in [0.1, 0.15) is 23.7 Å². The number of thioether (sulfide) groups is 1. The Morgan fingerprint density at radius 1 is 1.30 bits per heavy atom. The van der Waals surface area contributed by atoms with Gasteiger partial charge in [-0.1, -0.05) is 12.1 Å². The number of carbonyl (C=O) groups is 1. The van der Waals surface area contributed by atoms with Crippen molar-refractivity contribution in [3.05, 3.63) is 70.5 Å². The van der Waals surface area contributed by atoms with Gasteiger partial charge in [-0.05, 0) is 54.6 Å². The van der Waals surface area contributed by atoms with Crippen LogP contribution in [0, 0.1) is 11.3 Å². The predicted octanol–water partition coefficient (Wildman–Crippen LogP) is 3.66. The Kier molecular flexibility index (Phi) is 5.72. The molecule has 0 saturated carbocycles. The molecule has 1 aliphatic heterocycles. The number of pyridine rings is 2. The van der Waals surface area contributed by atoms with Crippen LogP contribution in [0.25, 0.3) is 17.0 Å². The van der Waals surface area contributed by atoms with Crippen LogP contribution in [0.3, 0.4) is 0 Å². The number of ether oxygens (including phenoxy) is 1. The number of rotatable bonds is 5. The highest BCUT2D eigenvalue weighted by Crippen LogP contribution is 2.31. The molecule has 7 nitrogen and oxygen atoms in total. The Bertz CT molecular complexity index is 1220. The van der Waals surface area contributed by atoms with Crippen LogP contribution in [-0.4, -0.2) is 27.6 Å². The van der Waals surface area contributed by atoms with Crippen molar-refractivity contribution >= 4 is 39.8 Å². The molecule has 4 rings (SSSR count). The number of benzene rings is 1. The zero-order valence-electron chi connectivity index (χ0n) is 16.1. The highest BCUT2D eigenvalue weighted by molar-refractivity contribution is 8.18. The third-order valence-electron chi connectivity index (χ3n) is 4.31. The van der Waals surface area contributed by atoms with Gasteiger partial charge in [-0.15, -0.1) is 0 Å². The summed E-state index contributed by atoms with van der Waals surface area (Å²) in [5.74, 6) is 0.306. The third-order valence-corrected chi connectivity index (χ3v) is 5.26. The average Bonchev–Trinajstić information content (AvgIpc) is 3.12. The van der Waals surface area contributed by atoms with Crippen molar-refractivity contribution in [2.24, 2.45) is 4.99 Å². The van der Waals surface area contributed by atoms with Crippen LogP contribution < -0.4 is 10.1 Å². The molecule has 1 fully saturated rings. The molecule has 0 aliphatic carbocycles. The van der Waals surface area contributed by atoms with Crippen molar-refractivity contribution in [2.45, 2.75) is 13.5 Å². The summed E-state index contributed by atoms with van der Waals surface area (Å²) in [5, 5.41) is 13.4. The molecule has 148 valence electrons. The monoisotopic (exact) mass is 415 g/mol. The zero-order valence-corrected chi connectivity index (χ0v) is 16.9. The number of hydrogen-bond donors (Lipinski definition) is 1. The van der Waals surface area contributed by atoms with E-state index in [0.717, 1.165) is 22.2 Å². The van der Waals surface area contributed by atoms with Gasteiger partial charge < -0.3 is 10.1 Å². The molecule has 8 heteroatoms. The number of nitriles is 1. The lowest BCUT2D eigenvalue weighted by atomic mass is 10.1. The van der Waals surface area contributed by atoms with Crippen LogP contribution in [-0.2, 0) is 11.3 Å². The number of aromatic nitrogens is 2. The molecule has 30 heavy (non-hydrogen) atoms. The van der Waals surface area contributed by atoms with E-state index in [0.29, 0.717) is 34.5 Å². The second-order valence-electron chi connectivity index (χ2n) is 6.33. The number of amides is 1. The largest absolute Gasteiger partial charge is 0.492 e. The van der Waals surface area contributed by atoms with Crippen molar-refractivity contribution in [3.8, 4) is 11.8 Å². The van der Waals surface area contributed by atoms with Gasteiger partial charge in [0.1, 0.15) is 17.4 Å². The van der Waals surface area contributed by atoms with E-state index in [2.05, 4.69) is 26.3 Å². The van der Waals surface area contributed by atoms with E-state index in [1.807, 2.05) is 43.3 Å². The fraction of sp³-hybridized carbons (Fsp3) is 0.136. The van der Waals surface area contributed by atoms with Crippen molar-refractivity contribution in [2.75, 3.05) is 6.61 Å². The van der Waals surface area contributed by atoms with Gasteiger partial charge >= 0.3 is 0 Å². The second-order valence-corrected chi connectivity index (χ2v) is 7.36. The van der Waals surface area contributed by atoms with E-state index in [-0.39, 0.29) is 5.91 Å². The van der Waals surface area contributed by atoms with Gasteiger partial charge in [0.15, 0.2) is 5.17 Å². The maximum Gasteiger partial charge on any atom is 0.264 e. The van der Waals surface area contributed by atoms with E-state index in [1.165, 1.54) is 18.0 Å². The summed E-state index contributed by atoms with van der Waals surface area (Å²) < 4.78 is 5.69. The molecule has 0 radical (unpaired) electrons. The normalized spacial score (nSPS) is 16.1. The minimum Gasteiger partial charge on any atom is -0.492 e. The van der Waals surface area contributed by atoms with Gasteiger partial charge in [0.05, 0.1) is 29.3 Å². The van der Waals surface area contributed by atoms with Crippen LogP contribution in [0.15, 0.2) is 58.7 Å². The Labute approximate surface area is 177 Å². The van der Waals surface area contributed by atoms with E-state index in [1.54, 1.807) is 12.3 Å². The van der Waals surface area contributed by atoms with Crippen molar-refractivity contribution in [1.82, 2.24) is 15.3 Å². The van der Waals surface area contributed by atoms with Gasteiger partial charge in [0, 0.05) is 17.8 Å². The molecule has 3 heterocycles. The predicted molar refractivity (Wildman–Crippen MR) is 117 cm³/mol. The first-order valence-electron chi connectivity index (χ1n) is 9.29. The number of hydrogen-bond acceptors (Lipinski definition) is 7. The molecule has 0 atom stereocenters. The second kappa shape index (κ2) is 8.76. The first-order chi connectivity index (χ1) is 14.7. The quantitative estimate of drug-likeness (QED) is 0.638. The zero-order chi connectivity index (χ0) is 20.9. The first kappa shape index (κ1) is 19.6. The summed E-state index contributed by atoms with van der Waals surface area (Å²) in [5.41, 5.74) is 2.74. The van der Waals surface area contributed by atoms with Gasteiger partial charge in [-0.2, -0.15) is 5.26 Å². The number of carbonyl (C=O) groups excluding carboxylic acids is 1. The van der Waals surface area contributed by atoms with Gasteiger partial charge in [-0.25, -0.2) is 0 Å². The van der Waals surface area contributed by atoms with Gasteiger partial charge in [-0.3, -0.25) is 19.8 Å². The minimum absolute atomic E-state index is 0.200. The molecule has 1 aliphatic rings. The molecule has 1 N–H and O–H groups in total. The van der Waals surface area contributed by atoms with E-state index in [4.69, 9.17) is 4.74 Å². The summed E-state index contributed by atoms with van der Waals surface area (Å²) >= 11 is 1.28.